The van der Waals surface area contributed by atoms with Gasteiger partial charge in [0.25, 0.3) is 0 Å². The molecule has 0 unspecified atom stereocenters. The molecule has 3 rings (SSSR count). The van der Waals surface area contributed by atoms with Crippen LogP contribution in [0.5, 0.6) is 0 Å². The van der Waals surface area contributed by atoms with Gasteiger partial charge in [-0.2, -0.15) is 13.2 Å². The number of rotatable bonds is 2. The molecule has 22 heavy (non-hydrogen) atoms. The molecule has 0 saturated carbocycles. The molecule has 2 nitrogen and oxygen atoms in total. The van der Waals surface area contributed by atoms with Crippen molar-refractivity contribution in [2.75, 3.05) is 5.32 Å². The first kappa shape index (κ1) is 14.4. The number of hydrogen-bond acceptors (Lipinski definition) is 2. The quantitative estimate of drug-likeness (QED) is 0.694. The first-order chi connectivity index (χ1) is 10.5. The molecule has 0 fully saturated rings. The topological polar surface area (TPSA) is 24.9 Å². The van der Waals surface area contributed by atoms with Crippen molar-refractivity contribution in [2.24, 2.45) is 0 Å². The van der Waals surface area contributed by atoms with Crippen molar-refractivity contribution in [3.8, 4) is 0 Å². The van der Waals surface area contributed by atoms with Gasteiger partial charge in [-0.3, -0.25) is 4.98 Å². The molecule has 5 heteroatoms. The number of aromatic nitrogens is 1. The molecular weight excluding hydrogens is 289 g/mol. The standard InChI is InChI=1S/C17H13F3N2/c1-11-5-4-6-12-14(9-10-21-16(11)12)22-15-8-3-2-7-13(15)17(18,19)20/h2-10H,1H3,(H,21,22). The molecule has 112 valence electrons. The van der Waals surface area contributed by atoms with Gasteiger partial charge in [0.1, 0.15) is 0 Å². The fourth-order valence-corrected chi connectivity index (χ4v) is 2.42. The Bertz CT molecular complexity index is 825. The van der Waals surface area contributed by atoms with Crippen molar-refractivity contribution in [1.29, 1.82) is 0 Å². The lowest BCUT2D eigenvalue weighted by molar-refractivity contribution is -0.136. The minimum atomic E-state index is -4.40. The Morgan fingerprint density at radius 1 is 0.909 bits per heavy atom. The van der Waals surface area contributed by atoms with Gasteiger partial charge in [0.2, 0.25) is 0 Å². The van der Waals surface area contributed by atoms with Crippen LogP contribution in [0.15, 0.2) is 54.7 Å². The SMILES string of the molecule is Cc1cccc2c(Nc3ccccc3C(F)(F)F)ccnc12. The summed E-state index contributed by atoms with van der Waals surface area (Å²) in [5.41, 5.74) is 1.70. The molecule has 1 heterocycles. The third-order valence-corrected chi connectivity index (χ3v) is 3.47. The van der Waals surface area contributed by atoms with Crippen molar-refractivity contribution in [3.05, 3.63) is 65.9 Å². The van der Waals surface area contributed by atoms with Crippen LogP contribution in [0.4, 0.5) is 24.5 Å². The number of fused-ring (bicyclic) bond motifs is 1. The van der Waals surface area contributed by atoms with E-state index in [4.69, 9.17) is 0 Å². The number of benzene rings is 2. The highest BCUT2D eigenvalue weighted by Gasteiger charge is 2.33. The second-order valence-corrected chi connectivity index (χ2v) is 5.00. The smallest absolute Gasteiger partial charge is 0.354 e. The molecule has 2 aromatic carbocycles. The lowest BCUT2D eigenvalue weighted by Crippen LogP contribution is -2.08. The van der Waals surface area contributed by atoms with Crippen molar-refractivity contribution in [2.45, 2.75) is 13.1 Å². The van der Waals surface area contributed by atoms with E-state index in [9.17, 15) is 13.2 Å². The Hall–Kier alpha value is -2.56. The zero-order valence-corrected chi connectivity index (χ0v) is 11.8. The first-order valence-electron chi connectivity index (χ1n) is 6.74. The molecule has 0 atom stereocenters. The van der Waals surface area contributed by atoms with E-state index in [0.717, 1.165) is 22.5 Å². The van der Waals surface area contributed by atoms with E-state index in [1.54, 1.807) is 18.3 Å². The van der Waals surface area contributed by atoms with Crippen LogP contribution in [0.3, 0.4) is 0 Å². The van der Waals surface area contributed by atoms with Crippen LogP contribution >= 0.6 is 0 Å². The molecule has 0 aliphatic rings. The molecule has 1 aromatic heterocycles. The van der Waals surface area contributed by atoms with Crippen molar-refractivity contribution >= 4 is 22.3 Å². The van der Waals surface area contributed by atoms with Crippen molar-refractivity contribution in [1.82, 2.24) is 4.98 Å². The molecule has 0 radical (unpaired) electrons. The third kappa shape index (κ3) is 2.62. The number of aryl methyl sites for hydroxylation is 1. The van der Waals surface area contributed by atoms with Gasteiger partial charge >= 0.3 is 6.18 Å². The van der Waals surface area contributed by atoms with Crippen molar-refractivity contribution in [3.63, 3.8) is 0 Å². The maximum atomic E-state index is 13.1. The van der Waals surface area contributed by atoms with Crippen LogP contribution in [0, 0.1) is 6.92 Å². The summed E-state index contributed by atoms with van der Waals surface area (Å²) in [7, 11) is 0. The number of pyridine rings is 1. The second kappa shape index (κ2) is 5.33. The highest BCUT2D eigenvalue weighted by Crippen LogP contribution is 2.37. The summed E-state index contributed by atoms with van der Waals surface area (Å²) in [6, 6.07) is 12.7. The largest absolute Gasteiger partial charge is 0.418 e. The Morgan fingerprint density at radius 2 is 1.68 bits per heavy atom. The molecule has 3 aromatic rings. The highest BCUT2D eigenvalue weighted by atomic mass is 19.4. The molecule has 0 saturated heterocycles. The Balaban J connectivity index is 2.11. The first-order valence-corrected chi connectivity index (χ1v) is 6.74. The maximum absolute atomic E-state index is 13.1. The number of alkyl halides is 3. The monoisotopic (exact) mass is 302 g/mol. The number of hydrogen-bond donors (Lipinski definition) is 1. The van der Waals surface area contributed by atoms with Gasteiger partial charge in [0.05, 0.1) is 16.8 Å². The number of anilines is 2. The van der Waals surface area contributed by atoms with E-state index in [0.29, 0.717) is 5.69 Å². The van der Waals surface area contributed by atoms with Crippen LogP contribution in [-0.2, 0) is 6.18 Å². The van der Waals surface area contributed by atoms with Gasteiger partial charge in [-0.25, -0.2) is 0 Å². The number of para-hydroxylation sites is 2. The van der Waals surface area contributed by atoms with Crippen LogP contribution in [0.25, 0.3) is 10.9 Å². The van der Waals surface area contributed by atoms with Gasteiger partial charge in [0.15, 0.2) is 0 Å². The highest BCUT2D eigenvalue weighted by molar-refractivity contribution is 5.94. The van der Waals surface area contributed by atoms with E-state index in [1.165, 1.54) is 12.1 Å². The number of nitrogens with zero attached hydrogens (tertiary/aromatic N) is 1. The lowest BCUT2D eigenvalue weighted by Gasteiger charge is -2.15. The van der Waals surface area contributed by atoms with E-state index >= 15 is 0 Å². The zero-order valence-electron chi connectivity index (χ0n) is 11.8. The van der Waals surface area contributed by atoms with Crippen molar-refractivity contribution < 1.29 is 13.2 Å². The molecule has 0 amide bonds. The Labute approximate surface area is 125 Å². The summed E-state index contributed by atoms with van der Waals surface area (Å²) >= 11 is 0. The summed E-state index contributed by atoms with van der Waals surface area (Å²) < 4.78 is 39.2. The predicted molar refractivity (Wildman–Crippen MR) is 81.2 cm³/mol. The third-order valence-electron chi connectivity index (χ3n) is 3.47. The predicted octanol–water partition coefficient (Wildman–Crippen LogP) is 5.31. The summed E-state index contributed by atoms with van der Waals surface area (Å²) in [5.74, 6) is 0. The summed E-state index contributed by atoms with van der Waals surface area (Å²) in [5, 5.41) is 3.68. The van der Waals surface area contributed by atoms with Crippen LogP contribution < -0.4 is 5.32 Å². The number of nitrogens with one attached hydrogen (secondary N) is 1. The Morgan fingerprint density at radius 3 is 2.45 bits per heavy atom. The number of halogens is 3. The fourth-order valence-electron chi connectivity index (χ4n) is 2.42. The maximum Gasteiger partial charge on any atom is 0.418 e. The van der Waals surface area contributed by atoms with E-state index in [2.05, 4.69) is 10.3 Å². The Kier molecular flexibility index (Phi) is 3.48. The lowest BCUT2D eigenvalue weighted by atomic mass is 10.1. The summed E-state index contributed by atoms with van der Waals surface area (Å²) in [4.78, 5) is 4.29. The minimum Gasteiger partial charge on any atom is -0.354 e. The molecule has 0 bridgehead atoms. The summed E-state index contributed by atoms with van der Waals surface area (Å²) in [6.07, 6.45) is -2.81. The van der Waals surface area contributed by atoms with Gasteiger partial charge in [-0.1, -0.05) is 30.3 Å². The van der Waals surface area contributed by atoms with E-state index < -0.39 is 11.7 Å². The summed E-state index contributed by atoms with van der Waals surface area (Å²) in [6.45, 7) is 1.92. The van der Waals surface area contributed by atoms with Gasteiger partial charge in [0, 0.05) is 17.3 Å². The zero-order chi connectivity index (χ0) is 15.7. The molecule has 0 aliphatic heterocycles. The minimum absolute atomic E-state index is 0.0315. The van der Waals surface area contributed by atoms with Crippen LogP contribution in [-0.4, -0.2) is 4.98 Å². The average Bonchev–Trinajstić information content (AvgIpc) is 2.48. The van der Waals surface area contributed by atoms with Crippen LogP contribution in [0.2, 0.25) is 0 Å². The fraction of sp³-hybridized carbons (Fsp3) is 0.118. The second-order valence-electron chi connectivity index (χ2n) is 5.00. The molecule has 0 spiro atoms. The van der Waals surface area contributed by atoms with Gasteiger partial charge in [-0.05, 0) is 30.7 Å². The molecule has 0 aliphatic carbocycles. The normalized spacial score (nSPS) is 11.6. The van der Waals surface area contributed by atoms with Crippen LogP contribution in [0.1, 0.15) is 11.1 Å². The molecular formula is C17H13F3N2. The molecule has 1 N–H and O–H groups in total. The van der Waals surface area contributed by atoms with Gasteiger partial charge < -0.3 is 5.32 Å². The average molecular weight is 302 g/mol. The van der Waals surface area contributed by atoms with E-state index in [1.807, 2.05) is 25.1 Å². The van der Waals surface area contributed by atoms with E-state index in [-0.39, 0.29) is 5.69 Å². The van der Waals surface area contributed by atoms with Gasteiger partial charge in [-0.15, -0.1) is 0 Å².